The predicted molar refractivity (Wildman–Crippen MR) is 110 cm³/mol. The topological polar surface area (TPSA) is 0 Å². The first-order valence-electron chi connectivity index (χ1n) is 10.7. The van der Waals surface area contributed by atoms with Gasteiger partial charge in [0.2, 0.25) is 0 Å². The highest BCUT2D eigenvalue weighted by Gasteiger charge is 1.97. The van der Waals surface area contributed by atoms with Crippen molar-refractivity contribution in [1.82, 2.24) is 0 Å². The zero-order valence-corrected chi connectivity index (χ0v) is 16.4. The molecule has 0 aliphatic heterocycles. The van der Waals surface area contributed by atoms with Crippen molar-refractivity contribution in [3.05, 3.63) is 41.7 Å². The summed E-state index contributed by atoms with van der Waals surface area (Å²) in [5.74, 6) is 0.0186. The molecule has 0 N–H and O–H groups in total. The molecule has 0 heterocycles. The van der Waals surface area contributed by atoms with Crippen molar-refractivity contribution < 1.29 is 4.39 Å². The van der Waals surface area contributed by atoms with E-state index in [9.17, 15) is 4.39 Å². The quantitative estimate of drug-likeness (QED) is 0.262. The van der Waals surface area contributed by atoms with E-state index in [1.807, 2.05) is 30.3 Å². The molecule has 0 fully saturated rings. The largest absolute Gasteiger partial charge is 0.212 e. The molecule has 0 saturated carbocycles. The molecule has 1 rings (SSSR count). The summed E-state index contributed by atoms with van der Waals surface area (Å²) in [6, 6.07) is 9.76. The summed E-state index contributed by atoms with van der Waals surface area (Å²) in [5.41, 5.74) is 0.963. The lowest BCUT2D eigenvalue weighted by Gasteiger charge is -2.03. The Morgan fingerprint density at radius 3 is 1.60 bits per heavy atom. The molecule has 0 radical (unpaired) electrons. The molecule has 0 aliphatic carbocycles. The third-order valence-corrected chi connectivity index (χ3v) is 4.89. The molecule has 0 atom stereocenters. The van der Waals surface area contributed by atoms with Crippen molar-refractivity contribution >= 4 is 6.08 Å². The summed E-state index contributed by atoms with van der Waals surface area (Å²) in [5, 5.41) is 0. The van der Waals surface area contributed by atoms with Gasteiger partial charge >= 0.3 is 0 Å². The zero-order valence-electron chi connectivity index (χ0n) is 16.4. The van der Waals surface area contributed by atoms with E-state index in [0.717, 1.165) is 18.4 Å². The normalized spacial score (nSPS) is 11.8. The van der Waals surface area contributed by atoms with E-state index in [2.05, 4.69) is 6.92 Å². The number of benzene rings is 1. The van der Waals surface area contributed by atoms with E-state index in [1.54, 1.807) is 6.08 Å². The maximum atomic E-state index is 13.8. The number of rotatable bonds is 16. The van der Waals surface area contributed by atoms with E-state index < -0.39 is 0 Å². The fourth-order valence-corrected chi connectivity index (χ4v) is 3.29. The van der Waals surface area contributed by atoms with E-state index in [-0.39, 0.29) is 5.83 Å². The van der Waals surface area contributed by atoms with E-state index in [1.165, 1.54) is 77.0 Å². The van der Waals surface area contributed by atoms with Crippen molar-refractivity contribution in [3.8, 4) is 0 Å². The van der Waals surface area contributed by atoms with Crippen molar-refractivity contribution in [2.75, 3.05) is 0 Å². The zero-order chi connectivity index (χ0) is 18.0. The molecule has 142 valence electrons. The maximum Gasteiger partial charge on any atom is 0.101 e. The number of unbranched alkanes of at least 4 members (excludes halogenated alkanes) is 13. The highest BCUT2D eigenvalue weighted by Crippen LogP contribution is 2.17. The second kappa shape index (κ2) is 16.4. The van der Waals surface area contributed by atoms with Gasteiger partial charge in [-0.15, -0.1) is 0 Å². The van der Waals surface area contributed by atoms with Gasteiger partial charge < -0.3 is 0 Å². The minimum atomic E-state index is 0.0186. The molecule has 0 aromatic heterocycles. The smallest absolute Gasteiger partial charge is 0.101 e. The standard InChI is InChI=1S/C24H39F/c1-2-3-4-5-6-7-8-9-10-11-12-13-14-18-21-24(25)22-23-19-16-15-17-20-23/h15-17,19-20,22H,2-14,18,21H2,1H3. The monoisotopic (exact) mass is 346 g/mol. The van der Waals surface area contributed by atoms with Crippen LogP contribution in [0.15, 0.2) is 36.2 Å². The molecule has 0 amide bonds. The molecular formula is C24H39F. The fourth-order valence-electron chi connectivity index (χ4n) is 3.29. The van der Waals surface area contributed by atoms with Crippen molar-refractivity contribution in [2.45, 2.75) is 103 Å². The summed E-state index contributed by atoms with van der Waals surface area (Å²) < 4.78 is 13.8. The molecular weight excluding hydrogens is 307 g/mol. The van der Waals surface area contributed by atoms with Gasteiger partial charge in [-0.2, -0.15) is 0 Å². The molecule has 0 aliphatic rings. The fraction of sp³-hybridized carbons (Fsp3) is 0.667. The van der Waals surface area contributed by atoms with Gasteiger partial charge in [-0.1, -0.05) is 121 Å². The van der Waals surface area contributed by atoms with Crippen LogP contribution in [0, 0.1) is 0 Å². The van der Waals surface area contributed by atoms with Crippen molar-refractivity contribution in [2.24, 2.45) is 0 Å². The van der Waals surface area contributed by atoms with Gasteiger partial charge in [0.25, 0.3) is 0 Å². The average molecular weight is 347 g/mol. The molecule has 1 aromatic carbocycles. The Hall–Kier alpha value is -1.11. The molecule has 1 heteroatoms. The average Bonchev–Trinajstić information content (AvgIpc) is 2.63. The number of hydrogen-bond acceptors (Lipinski definition) is 0. The molecule has 25 heavy (non-hydrogen) atoms. The first kappa shape index (κ1) is 21.9. The van der Waals surface area contributed by atoms with Crippen LogP contribution in [0.1, 0.15) is 109 Å². The Morgan fingerprint density at radius 2 is 1.12 bits per heavy atom. The van der Waals surface area contributed by atoms with Crippen molar-refractivity contribution in [3.63, 3.8) is 0 Å². The predicted octanol–water partition coefficient (Wildman–Crippen LogP) is 8.87. The van der Waals surface area contributed by atoms with Gasteiger partial charge in [0.05, 0.1) is 0 Å². The van der Waals surface area contributed by atoms with Gasteiger partial charge in [-0.05, 0) is 24.5 Å². The lowest BCUT2D eigenvalue weighted by atomic mass is 10.0. The third-order valence-electron chi connectivity index (χ3n) is 4.89. The van der Waals surface area contributed by atoms with Crippen LogP contribution in [-0.2, 0) is 0 Å². The van der Waals surface area contributed by atoms with Gasteiger partial charge in [0.1, 0.15) is 5.83 Å². The summed E-state index contributed by atoms with van der Waals surface area (Å²) in [6.45, 7) is 2.28. The van der Waals surface area contributed by atoms with E-state index in [4.69, 9.17) is 0 Å². The van der Waals surface area contributed by atoms with Gasteiger partial charge in [0, 0.05) is 0 Å². The Kier molecular flexibility index (Phi) is 14.4. The van der Waals surface area contributed by atoms with E-state index >= 15 is 0 Å². The summed E-state index contributed by atoms with van der Waals surface area (Å²) in [4.78, 5) is 0. The van der Waals surface area contributed by atoms with Crippen molar-refractivity contribution in [1.29, 1.82) is 0 Å². The molecule has 0 spiro atoms. The number of halogens is 1. The van der Waals surface area contributed by atoms with Gasteiger partial charge in [0.15, 0.2) is 0 Å². The van der Waals surface area contributed by atoms with Crippen LogP contribution in [0.5, 0.6) is 0 Å². The highest BCUT2D eigenvalue weighted by atomic mass is 19.1. The Morgan fingerprint density at radius 1 is 0.680 bits per heavy atom. The van der Waals surface area contributed by atoms with Gasteiger partial charge in [-0.25, -0.2) is 4.39 Å². The van der Waals surface area contributed by atoms with Crippen LogP contribution < -0.4 is 0 Å². The Labute approximate surface area is 155 Å². The number of hydrogen-bond donors (Lipinski definition) is 0. The SMILES string of the molecule is CCCCCCCCCCCCCCCCC(F)=Cc1ccccc1. The van der Waals surface area contributed by atoms with Crippen LogP contribution in [0.2, 0.25) is 0 Å². The van der Waals surface area contributed by atoms with Crippen LogP contribution in [0.25, 0.3) is 6.08 Å². The maximum absolute atomic E-state index is 13.8. The minimum Gasteiger partial charge on any atom is -0.212 e. The van der Waals surface area contributed by atoms with Crippen LogP contribution in [-0.4, -0.2) is 0 Å². The van der Waals surface area contributed by atoms with Crippen LogP contribution in [0.3, 0.4) is 0 Å². The summed E-state index contributed by atoms with van der Waals surface area (Å²) >= 11 is 0. The molecule has 0 unspecified atom stereocenters. The molecule has 0 bridgehead atoms. The van der Waals surface area contributed by atoms with Crippen LogP contribution >= 0.6 is 0 Å². The lowest BCUT2D eigenvalue weighted by molar-refractivity contribution is 0.523. The Bertz CT molecular complexity index is 421. The third kappa shape index (κ3) is 13.8. The van der Waals surface area contributed by atoms with Crippen LogP contribution in [0.4, 0.5) is 4.39 Å². The summed E-state index contributed by atoms with van der Waals surface area (Å²) in [7, 11) is 0. The first-order valence-corrected chi connectivity index (χ1v) is 10.7. The molecule has 0 nitrogen and oxygen atoms in total. The Balaban J connectivity index is 1.84. The molecule has 0 saturated heterocycles. The molecule has 1 aromatic rings. The second-order valence-corrected chi connectivity index (χ2v) is 7.35. The lowest BCUT2D eigenvalue weighted by Crippen LogP contribution is -1.84. The minimum absolute atomic E-state index is 0.0186. The van der Waals surface area contributed by atoms with E-state index in [0.29, 0.717) is 6.42 Å². The van der Waals surface area contributed by atoms with Gasteiger partial charge in [-0.3, -0.25) is 0 Å². The first-order chi connectivity index (χ1) is 12.3. The summed E-state index contributed by atoms with van der Waals surface area (Å²) in [6.07, 6.45) is 21.0. The number of allylic oxidation sites excluding steroid dienone is 1. The highest BCUT2D eigenvalue weighted by molar-refractivity contribution is 5.50. The second-order valence-electron chi connectivity index (χ2n) is 7.35.